The number of nitrogens with zero attached hydrogens (tertiary/aromatic N) is 2. The molecule has 8 nitrogen and oxygen atoms in total. The van der Waals surface area contributed by atoms with Gasteiger partial charge in [-0.15, -0.1) is 0 Å². The number of rotatable bonds is 5. The van der Waals surface area contributed by atoms with Gasteiger partial charge in [0.2, 0.25) is 10.0 Å². The fourth-order valence-electron chi connectivity index (χ4n) is 4.45. The third-order valence-electron chi connectivity index (χ3n) is 6.39. The lowest BCUT2D eigenvalue weighted by atomic mass is 10.0. The molecule has 9 heteroatoms. The van der Waals surface area contributed by atoms with Crippen molar-refractivity contribution in [3.63, 3.8) is 0 Å². The molecule has 0 saturated carbocycles. The van der Waals surface area contributed by atoms with Crippen molar-refractivity contribution in [2.24, 2.45) is 0 Å². The van der Waals surface area contributed by atoms with Gasteiger partial charge in [0, 0.05) is 50.8 Å². The zero-order valence-corrected chi connectivity index (χ0v) is 19.9. The van der Waals surface area contributed by atoms with E-state index < -0.39 is 10.0 Å². The van der Waals surface area contributed by atoms with Crippen molar-refractivity contribution in [2.75, 3.05) is 46.5 Å². The maximum absolute atomic E-state index is 13.3. The molecule has 2 heterocycles. The Morgan fingerprint density at radius 3 is 2.44 bits per heavy atom. The highest BCUT2D eigenvalue weighted by Gasteiger charge is 2.30. The highest BCUT2D eigenvalue weighted by Crippen LogP contribution is 2.34. The average Bonchev–Trinajstić information content (AvgIpc) is 3.11. The molecule has 0 aliphatic carbocycles. The van der Waals surface area contributed by atoms with Crippen LogP contribution >= 0.6 is 0 Å². The van der Waals surface area contributed by atoms with Gasteiger partial charge in [-0.2, -0.15) is 4.31 Å². The quantitative estimate of drug-likeness (QED) is 0.595. The SMILES string of the molecule is COc1ccc2ccc(O)c(CN3CCN(S(=O)(=O)c4ccc5c(c4)OCCCO5)CC3)c2c1. The van der Waals surface area contributed by atoms with E-state index in [1.54, 1.807) is 31.4 Å². The summed E-state index contributed by atoms with van der Waals surface area (Å²) in [6.07, 6.45) is 0.762. The molecule has 0 bridgehead atoms. The summed E-state index contributed by atoms with van der Waals surface area (Å²) < 4.78 is 44.7. The Kier molecular flexibility index (Phi) is 6.24. The highest BCUT2D eigenvalue weighted by molar-refractivity contribution is 7.89. The number of sulfonamides is 1. The Balaban J connectivity index is 1.31. The zero-order chi connectivity index (χ0) is 23.7. The number of benzene rings is 3. The van der Waals surface area contributed by atoms with Crippen LogP contribution in [0.15, 0.2) is 53.4 Å². The van der Waals surface area contributed by atoms with E-state index in [0.717, 1.165) is 28.5 Å². The first-order valence-electron chi connectivity index (χ1n) is 11.4. The minimum atomic E-state index is -3.65. The number of hydrogen-bond acceptors (Lipinski definition) is 7. The van der Waals surface area contributed by atoms with E-state index in [-0.39, 0.29) is 10.6 Å². The maximum Gasteiger partial charge on any atom is 0.243 e. The summed E-state index contributed by atoms with van der Waals surface area (Å²) in [5, 5.41) is 12.5. The molecular weight excluding hydrogens is 456 g/mol. The summed E-state index contributed by atoms with van der Waals surface area (Å²) in [6, 6.07) is 14.2. The predicted molar refractivity (Wildman–Crippen MR) is 128 cm³/mol. The molecule has 5 rings (SSSR count). The number of aromatic hydroxyl groups is 1. The third-order valence-corrected chi connectivity index (χ3v) is 8.28. The van der Waals surface area contributed by atoms with Crippen LogP contribution < -0.4 is 14.2 Å². The Labute approximate surface area is 199 Å². The molecule has 0 aromatic heterocycles. The number of phenols is 1. The first-order chi connectivity index (χ1) is 16.5. The molecular formula is C25H28N2O6S. The van der Waals surface area contributed by atoms with Gasteiger partial charge in [0.1, 0.15) is 11.5 Å². The van der Waals surface area contributed by atoms with Gasteiger partial charge in [-0.05, 0) is 41.1 Å². The van der Waals surface area contributed by atoms with Crippen molar-refractivity contribution < 1.29 is 27.7 Å². The van der Waals surface area contributed by atoms with Gasteiger partial charge < -0.3 is 19.3 Å². The molecule has 1 saturated heterocycles. The predicted octanol–water partition coefficient (Wildman–Crippen LogP) is 3.22. The van der Waals surface area contributed by atoms with Crippen LogP contribution in [0.4, 0.5) is 0 Å². The maximum atomic E-state index is 13.3. The van der Waals surface area contributed by atoms with E-state index in [2.05, 4.69) is 4.90 Å². The van der Waals surface area contributed by atoms with Gasteiger partial charge in [-0.25, -0.2) is 8.42 Å². The van der Waals surface area contributed by atoms with Crippen LogP contribution in [0, 0.1) is 0 Å². The van der Waals surface area contributed by atoms with Crippen molar-refractivity contribution in [2.45, 2.75) is 17.9 Å². The van der Waals surface area contributed by atoms with E-state index in [1.807, 2.05) is 24.3 Å². The average molecular weight is 485 g/mol. The van der Waals surface area contributed by atoms with Crippen molar-refractivity contribution in [1.29, 1.82) is 0 Å². The third kappa shape index (κ3) is 4.38. The van der Waals surface area contributed by atoms with Crippen LogP contribution in [-0.2, 0) is 16.6 Å². The van der Waals surface area contributed by atoms with Crippen LogP contribution in [0.25, 0.3) is 10.8 Å². The summed E-state index contributed by atoms with van der Waals surface area (Å²) in [5.74, 6) is 2.00. The molecule has 180 valence electrons. The van der Waals surface area contributed by atoms with E-state index in [4.69, 9.17) is 14.2 Å². The molecule has 2 aliphatic heterocycles. The van der Waals surface area contributed by atoms with Crippen molar-refractivity contribution >= 4 is 20.8 Å². The van der Waals surface area contributed by atoms with Gasteiger partial charge in [0.05, 0.1) is 25.2 Å². The molecule has 0 unspecified atom stereocenters. The highest BCUT2D eigenvalue weighted by atomic mass is 32.2. The molecule has 0 amide bonds. The number of piperazine rings is 1. The second kappa shape index (κ2) is 9.32. The summed E-state index contributed by atoms with van der Waals surface area (Å²) in [5.41, 5.74) is 0.815. The van der Waals surface area contributed by atoms with Crippen LogP contribution in [0.2, 0.25) is 0 Å². The molecule has 3 aromatic rings. The Hall–Kier alpha value is -3.01. The summed E-state index contributed by atoms with van der Waals surface area (Å²) in [4.78, 5) is 2.37. The standard InChI is InChI=1S/C25H28N2O6S/c1-31-19-5-3-18-4-7-23(28)22(21(18)15-19)17-26-9-11-27(12-10-26)34(29,30)20-6-8-24-25(16-20)33-14-2-13-32-24/h3-8,15-16,28H,2,9-14,17H2,1H3. The van der Waals surface area contributed by atoms with Crippen molar-refractivity contribution in [3.05, 3.63) is 54.1 Å². The van der Waals surface area contributed by atoms with Gasteiger partial charge in [-0.3, -0.25) is 4.90 Å². The second-order valence-corrected chi connectivity index (χ2v) is 10.4. The van der Waals surface area contributed by atoms with Crippen LogP contribution in [0.5, 0.6) is 23.0 Å². The minimum absolute atomic E-state index is 0.212. The van der Waals surface area contributed by atoms with Crippen molar-refractivity contribution in [3.8, 4) is 23.0 Å². The molecule has 1 N–H and O–H groups in total. The topological polar surface area (TPSA) is 88.5 Å². The lowest BCUT2D eigenvalue weighted by Gasteiger charge is -2.34. The molecule has 0 atom stereocenters. The van der Waals surface area contributed by atoms with Crippen molar-refractivity contribution in [1.82, 2.24) is 9.21 Å². The van der Waals surface area contributed by atoms with Crippen LogP contribution in [-0.4, -0.2) is 69.2 Å². The molecule has 0 radical (unpaired) electrons. The van der Waals surface area contributed by atoms with Crippen LogP contribution in [0.1, 0.15) is 12.0 Å². The lowest BCUT2D eigenvalue weighted by molar-refractivity contribution is 0.180. The lowest BCUT2D eigenvalue weighted by Crippen LogP contribution is -2.48. The van der Waals surface area contributed by atoms with E-state index >= 15 is 0 Å². The van der Waals surface area contributed by atoms with E-state index in [0.29, 0.717) is 57.4 Å². The van der Waals surface area contributed by atoms with Gasteiger partial charge in [-0.1, -0.05) is 12.1 Å². The van der Waals surface area contributed by atoms with E-state index in [1.165, 1.54) is 4.31 Å². The normalized spacial score (nSPS) is 17.4. The van der Waals surface area contributed by atoms with Gasteiger partial charge in [0.25, 0.3) is 0 Å². The number of phenolic OH excluding ortho intramolecular Hbond substituents is 1. The Bertz CT molecular complexity index is 1300. The fraction of sp³-hybridized carbons (Fsp3) is 0.360. The van der Waals surface area contributed by atoms with Crippen LogP contribution in [0.3, 0.4) is 0 Å². The number of hydrogen-bond donors (Lipinski definition) is 1. The summed E-state index contributed by atoms with van der Waals surface area (Å²) >= 11 is 0. The number of methoxy groups -OCH3 is 1. The minimum Gasteiger partial charge on any atom is -0.508 e. The van der Waals surface area contributed by atoms with E-state index in [9.17, 15) is 13.5 Å². The fourth-order valence-corrected chi connectivity index (χ4v) is 5.89. The molecule has 3 aromatic carbocycles. The molecule has 1 fully saturated rings. The Morgan fingerprint density at radius 1 is 0.941 bits per heavy atom. The van der Waals surface area contributed by atoms with Gasteiger partial charge in [0.15, 0.2) is 11.5 Å². The summed E-state index contributed by atoms with van der Waals surface area (Å²) in [6.45, 7) is 3.43. The molecule has 2 aliphatic rings. The number of fused-ring (bicyclic) bond motifs is 2. The Morgan fingerprint density at radius 2 is 1.68 bits per heavy atom. The first-order valence-corrected chi connectivity index (χ1v) is 12.8. The second-order valence-electron chi connectivity index (χ2n) is 8.49. The first kappa shape index (κ1) is 22.8. The van der Waals surface area contributed by atoms with Gasteiger partial charge >= 0.3 is 0 Å². The summed E-state index contributed by atoms with van der Waals surface area (Å²) in [7, 11) is -2.03. The molecule has 0 spiro atoms. The molecule has 34 heavy (non-hydrogen) atoms. The zero-order valence-electron chi connectivity index (χ0n) is 19.1. The smallest absolute Gasteiger partial charge is 0.243 e. The monoisotopic (exact) mass is 484 g/mol. The number of ether oxygens (including phenoxy) is 3. The largest absolute Gasteiger partial charge is 0.508 e.